The molecule has 0 atom stereocenters. The molecule has 1 saturated heterocycles. The Kier molecular flexibility index (Phi) is 6.11. The molecule has 2 aromatic carbocycles. The maximum absolute atomic E-state index is 13.1. The van der Waals surface area contributed by atoms with Crippen molar-refractivity contribution in [1.82, 2.24) is 19.9 Å². The van der Waals surface area contributed by atoms with Crippen molar-refractivity contribution in [2.45, 2.75) is 25.3 Å². The predicted octanol–water partition coefficient (Wildman–Crippen LogP) is 4.71. The SMILES string of the molecule is O=C(Nc1cccc(CN2CCSCC2)c1)c1nnn(-c2ccc(Br)cc2)c1C1CC1. The van der Waals surface area contributed by atoms with Crippen molar-refractivity contribution < 1.29 is 4.79 Å². The van der Waals surface area contributed by atoms with E-state index >= 15 is 0 Å². The highest BCUT2D eigenvalue weighted by atomic mass is 79.9. The number of benzene rings is 2. The first-order chi connectivity index (χ1) is 15.2. The maximum Gasteiger partial charge on any atom is 0.278 e. The molecule has 2 fully saturated rings. The van der Waals surface area contributed by atoms with Gasteiger partial charge in [-0.05, 0) is 54.8 Å². The highest BCUT2D eigenvalue weighted by Gasteiger charge is 2.34. The lowest BCUT2D eigenvalue weighted by molar-refractivity contribution is 0.102. The molecule has 0 unspecified atom stereocenters. The Morgan fingerprint density at radius 2 is 1.90 bits per heavy atom. The zero-order valence-corrected chi connectivity index (χ0v) is 19.5. The van der Waals surface area contributed by atoms with Gasteiger partial charge in [-0.2, -0.15) is 11.8 Å². The van der Waals surface area contributed by atoms with Crippen molar-refractivity contribution in [3.8, 4) is 5.69 Å². The zero-order valence-electron chi connectivity index (χ0n) is 17.1. The third-order valence-corrected chi connectivity index (χ3v) is 7.12. The number of rotatable bonds is 6. The molecule has 0 radical (unpaired) electrons. The number of aromatic nitrogens is 3. The predicted molar refractivity (Wildman–Crippen MR) is 128 cm³/mol. The maximum atomic E-state index is 13.1. The molecule has 8 heteroatoms. The number of nitrogens with one attached hydrogen (secondary N) is 1. The summed E-state index contributed by atoms with van der Waals surface area (Å²) in [6, 6.07) is 16.0. The Hall–Kier alpha value is -2.16. The molecule has 3 aromatic rings. The second kappa shape index (κ2) is 9.14. The number of hydrogen-bond donors (Lipinski definition) is 1. The number of anilines is 1. The molecule has 2 aliphatic rings. The van der Waals surface area contributed by atoms with E-state index in [0.717, 1.165) is 54.0 Å². The lowest BCUT2D eigenvalue weighted by Gasteiger charge is -2.26. The number of amides is 1. The van der Waals surface area contributed by atoms with Crippen LogP contribution in [0.25, 0.3) is 5.69 Å². The summed E-state index contributed by atoms with van der Waals surface area (Å²) in [5.74, 6) is 2.52. The van der Waals surface area contributed by atoms with Crippen LogP contribution in [0.5, 0.6) is 0 Å². The lowest BCUT2D eigenvalue weighted by atomic mass is 10.1. The molecule has 1 N–H and O–H groups in total. The first-order valence-corrected chi connectivity index (χ1v) is 12.5. The van der Waals surface area contributed by atoms with Crippen molar-refractivity contribution in [2.24, 2.45) is 0 Å². The van der Waals surface area contributed by atoms with E-state index < -0.39 is 0 Å². The highest BCUT2D eigenvalue weighted by molar-refractivity contribution is 9.10. The van der Waals surface area contributed by atoms with E-state index in [1.165, 1.54) is 17.1 Å². The minimum Gasteiger partial charge on any atom is -0.321 e. The van der Waals surface area contributed by atoms with Crippen molar-refractivity contribution in [1.29, 1.82) is 0 Å². The summed E-state index contributed by atoms with van der Waals surface area (Å²) >= 11 is 5.48. The molecule has 0 bridgehead atoms. The van der Waals surface area contributed by atoms with Gasteiger partial charge in [-0.25, -0.2) is 4.68 Å². The molecule has 1 saturated carbocycles. The van der Waals surface area contributed by atoms with Crippen molar-refractivity contribution in [2.75, 3.05) is 29.9 Å². The fraction of sp³-hybridized carbons (Fsp3) is 0.348. The molecule has 1 aliphatic carbocycles. The second-order valence-corrected chi connectivity index (χ2v) is 10.2. The van der Waals surface area contributed by atoms with E-state index in [4.69, 9.17) is 0 Å². The van der Waals surface area contributed by atoms with E-state index in [0.29, 0.717) is 11.6 Å². The molecule has 1 amide bonds. The highest BCUT2D eigenvalue weighted by Crippen LogP contribution is 2.42. The minimum absolute atomic E-state index is 0.197. The topological polar surface area (TPSA) is 63.1 Å². The van der Waals surface area contributed by atoms with Gasteiger partial charge in [0, 0.05) is 47.2 Å². The Labute approximate surface area is 194 Å². The number of hydrogen-bond acceptors (Lipinski definition) is 5. The summed E-state index contributed by atoms with van der Waals surface area (Å²) in [4.78, 5) is 15.6. The van der Waals surface area contributed by atoms with Gasteiger partial charge < -0.3 is 5.32 Å². The van der Waals surface area contributed by atoms with Gasteiger partial charge in [-0.15, -0.1) is 5.10 Å². The summed E-state index contributed by atoms with van der Waals surface area (Å²) in [6.07, 6.45) is 2.13. The summed E-state index contributed by atoms with van der Waals surface area (Å²) in [6.45, 7) is 3.15. The van der Waals surface area contributed by atoms with Gasteiger partial charge in [0.25, 0.3) is 5.91 Å². The summed E-state index contributed by atoms with van der Waals surface area (Å²) in [5.41, 5.74) is 4.25. The fourth-order valence-electron chi connectivity index (χ4n) is 3.90. The normalized spacial score (nSPS) is 16.9. The summed E-state index contributed by atoms with van der Waals surface area (Å²) in [5, 5.41) is 11.6. The number of carbonyl (C=O) groups is 1. The molecule has 1 aliphatic heterocycles. The Morgan fingerprint density at radius 1 is 1.13 bits per heavy atom. The quantitative estimate of drug-likeness (QED) is 0.534. The molecule has 5 rings (SSSR count). The van der Waals surface area contributed by atoms with Crippen LogP contribution in [-0.4, -0.2) is 50.4 Å². The molecule has 31 heavy (non-hydrogen) atoms. The third kappa shape index (κ3) is 4.86. The van der Waals surface area contributed by atoms with Crippen LogP contribution in [-0.2, 0) is 6.54 Å². The van der Waals surface area contributed by atoms with Crippen molar-refractivity contribution in [3.05, 3.63) is 70.0 Å². The van der Waals surface area contributed by atoms with Crippen molar-refractivity contribution >= 4 is 39.3 Å². The Bertz CT molecular complexity index is 1070. The van der Waals surface area contributed by atoms with E-state index in [2.05, 4.69) is 48.6 Å². The smallest absolute Gasteiger partial charge is 0.278 e. The molecule has 6 nitrogen and oxygen atoms in total. The number of nitrogens with zero attached hydrogens (tertiary/aromatic N) is 4. The van der Waals surface area contributed by atoms with Crippen LogP contribution in [0.2, 0.25) is 0 Å². The van der Waals surface area contributed by atoms with Crippen LogP contribution < -0.4 is 5.32 Å². The number of carbonyl (C=O) groups excluding carboxylic acids is 1. The zero-order chi connectivity index (χ0) is 21.2. The van der Waals surface area contributed by atoms with Crippen LogP contribution in [0, 0.1) is 0 Å². The first kappa shape index (κ1) is 20.7. The average Bonchev–Trinajstić information content (AvgIpc) is 3.53. The van der Waals surface area contributed by atoms with E-state index in [1.54, 1.807) is 0 Å². The van der Waals surface area contributed by atoms with Crippen molar-refractivity contribution in [3.63, 3.8) is 0 Å². The molecular formula is C23H24BrN5OS. The number of halogens is 1. The summed E-state index contributed by atoms with van der Waals surface area (Å²) < 4.78 is 2.81. The average molecular weight is 498 g/mol. The largest absolute Gasteiger partial charge is 0.321 e. The van der Waals surface area contributed by atoms with Crippen LogP contribution in [0.4, 0.5) is 5.69 Å². The second-order valence-electron chi connectivity index (χ2n) is 8.03. The first-order valence-electron chi connectivity index (χ1n) is 10.6. The third-order valence-electron chi connectivity index (χ3n) is 5.65. The van der Waals surface area contributed by atoms with Gasteiger partial charge in [-0.3, -0.25) is 9.69 Å². The van der Waals surface area contributed by atoms with Gasteiger partial charge in [-0.1, -0.05) is 33.3 Å². The fourth-order valence-corrected chi connectivity index (χ4v) is 5.15. The van der Waals surface area contributed by atoms with E-state index in [9.17, 15) is 4.79 Å². The van der Waals surface area contributed by atoms with Gasteiger partial charge >= 0.3 is 0 Å². The minimum atomic E-state index is -0.197. The van der Waals surface area contributed by atoms with E-state index in [-0.39, 0.29) is 5.91 Å². The summed E-state index contributed by atoms with van der Waals surface area (Å²) in [7, 11) is 0. The standard InChI is InChI=1S/C23H24BrN5OS/c24-18-6-8-20(9-7-18)29-22(17-4-5-17)21(26-27-29)23(30)25-19-3-1-2-16(14-19)15-28-10-12-31-13-11-28/h1-3,6-9,14,17H,4-5,10-13,15H2,(H,25,30). The monoisotopic (exact) mass is 497 g/mol. The van der Waals surface area contributed by atoms with Gasteiger partial charge in [0.15, 0.2) is 5.69 Å². The molecular weight excluding hydrogens is 474 g/mol. The van der Waals surface area contributed by atoms with Crippen LogP contribution in [0.3, 0.4) is 0 Å². The molecule has 0 spiro atoms. The molecule has 160 valence electrons. The van der Waals surface area contributed by atoms with Crippen LogP contribution in [0.1, 0.15) is 40.5 Å². The van der Waals surface area contributed by atoms with Crippen LogP contribution in [0.15, 0.2) is 53.0 Å². The Morgan fingerprint density at radius 3 is 2.65 bits per heavy atom. The molecule has 2 heterocycles. The van der Waals surface area contributed by atoms with Gasteiger partial charge in [0.1, 0.15) is 0 Å². The number of thioether (sulfide) groups is 1. The van der Waals surface area contributed by atoms with E-state index in [1.807, 2.05) is 52.8 Å². The lowest BCUT2D eigenvalue weighted by Crippen LogP contribution is -2.31. The molecule has 1 aromatic heterocycles. The van der Waals surface area contributed by atoms with Gasteiger partial charge in [0.05, 0.1) is 11.4 Å². The van der Waals surface area contributed by atoms with Crippen LogP contribution >= 0.6 is 27.7 Å². The van der Waals surface area contributed by atoms with Gasteiger partial charge in [0.2, 0.25) is 0 Å². The Balaban J connectivity index is 1.35.